The second-order valence-electron chi connectivity index (χ2n) is 8.62. The Balaban J connectivity index is 1.63. The van der Waals surface area contributed by atoms with Gasteiger partial charge in [-0.2, -0.15) is 0 Å². The first-order valence-electron chi connectivity index (χ1n) is 10.3. The molecule has 2 aromatic carbocycles. The van der Waals surface area contributed by atoms with Crippen LogP contribution in [0.1, 0.15) is 31.9 Å². The summed E-state index contributed by atoms with van der Waals surface area (Å²) in [5, 5.41) is 16.5. The standard InChI is InChI=1S/C23H28F2N2O5/c1-23(2,3)32-22(29)27-18(8-15-6-16(24)10-17(25)7-15)19(28)12-26-11-14-4-5-20-21(9-14)31-13-30-20/h4-7,9-10,18-19,26,28H,8,11-13H2,1-3H3,(H,27,29)/t18-,19+/m0/s1. The van der Waals surface area contributed by atoms with E-state index in [0.717, 1.165) is 11.6 Å². The van der Waals surface area contributed by atoms with Gasteiger partial charge in [0.2, 0.25) is 6.79 Å². The van der Waals surface area contributed by atoms with Gasteiger partial charge in [-0.25, -0.2) is 13.6 Å². The number of aliphatic hydroxyl groups is 1. The smallest absolute Gasteiger partial charge is 0.407 e. The number of carbonyl (C=O) groups excluding carboxylic acids is 1. The van der Waals surface area contributed by atoms with Crippen LogP contribution < -0.4 is 20.1 Å². The van der Waals surface area contributed by atoms with Crippen molar-refractivity contribution in [2.75, 3.05) is 13.3 Å². The van der Waals surface area contributed by atoms with Crippen molar-refractivity contribution >= 4 is 6.09 Å². The Bertz CT molecular complexity index is 928. The molecule has 1 heterocycles. The normalized spacial score (nSPS) is 14.7. The molecule has 0 radical (unpaired) electrons. The van der Waals surface area contributed by atoms with Gasteiger partial charge in [0.25, 0.3) is 0 Å². The predicted molar refractivity (Wildman–Crippen MR) is 113 cm³/mol. The molecule has 3 N–H and O–H groups in total. The third kappa shape index (κ3) is 7.06. The fourth-order valence-corrected chi connectivity index (χ4v) is 3.28. The van der Waals surface area contributed by atoms with E-state index < -0.39 is 35.5 Å². The molecule has 3 rings (SSSR count). The van der Waals surface area contributed by atoms with Gasteiger partial charge in [-0.15, -0.1) is 0 Å². The largest absolute Gasteiger partial charge is 0.454 e. The molecule has 0 spiro atoms. The number of carbonyl (C=O) groups is 1. The van der Waals surface area contributed by atoms with Gasteiger partial charge in [-0.3, -0.25) is 0 Å². The van der Waals surface area contributed by atoms with E-state index in [1.165, 1.54) is 12.1 Å². The maximum Gasteiger partial charge on any atom is 0.407 e. The number of halogens is 2. The summed E-state index contributed by atoms with van der Waals surface area (Å²) in [4.78, 5) is 12.3. The number of nitrogens with one attached hydrogen (secondary N) is 2. The Morgan fingerprint density at radius 1 is 1.09 bits per heavy atom. The number of hydrogen-bond donors (Lipinski definition) is 3. The molecule has 1 aliphatic rings. The molecule has 0 saturated heterocycles. The second kappa shape index (κ2) is 10.1. The Morgan fingerprint density at radius 3 is 2.47 bits per heavy atom. The molecule has 0 unspecified atom stereocenters. The lowest BCUT2D eigenvalue weighted by molar-refractivity contribution is 0.0422. The van der Waals surface area contributed by atoms with Crippen LogP contribution in [0.15, 0.2) is 36.4 Å². The van der Waals surface area contributed by atoms with Crippen molar-refractivity contribution in [2.45, 2.75) is 51.5 Å². The van der Waals surface area contributed by atoms with Gasteiger partial charge in [0, 0.05) is 19.2 Å². The fourth-order valence-electron chi connectivity index (χ4n) is 3.28. The summed E-state index contributed by atoms with van der Waals surface area (Å²) in [6.45, 7) is 5.88. The summed E-state index contributed by atoms with van der Waals surface area (Å²) in [5.74, 6) is -0.127. The van der Waals surface area contributed by atoms with Crippen LogP contribution in [-0.4, -0.2) is 42.3 Å². The van der Waals surface area contributed by atoms with Crippen molar-refractivity contribution in [1.82, 2.24) is 10.6 Å². The van der Waals surface area contributed by atoms with Crippen molar-refractivity contribution < 1.29 is 32.9 Å². The van der Waals surface area contributed by atoms with Gasteiger partial charge in [0.15, 0.2) is 11.5 Å². The molecule has 0 aliphatic carbocycles. The monoisotopic (exact) mass is 450 g/mol. The molecule has 2 atom stereocenters. The first kappa shape index (κ1) is 23.7. The van der Waals surface area contributed by atoms with E-state index in [4.69, 9.17) is 14.2 Å². The van der Waals surface area contributed by atoms with Crippen LogP contribution in [0.2, 0.25) is 0 Å². The first-order valence-corrected chi connectivity index (χ1v) is 10.3. The van der Waals surface area contributed by atoms with E-state index >= 15 is 0 Å². The zero-order valence-electron chi connectivity index (χ0n) is 18.3. The fraction of sp³-hybridized carbons (Fsp3) is 0.435. The van der Waals surface area contributed by atoms with Crippen LogP contribution in [-0.2, 0) is 17.7 Å². The number of rotatable bonds is 8. The molecule has 7 nitrogen and oxygen atoms in total. The molecule has 32 heavy (non-hydrogen) atoms. The highest BCUT2D eigenvalue weighted by Crippen LogP contribution is 2.32. The number of alkyl carbamates (subject to hydrolysis) is 1. The molecule has 0 aromatic heterocycles. The molecular formula is C23H28F2N2O5. The molecule has 9 heteroatoms. The molecule has 174 valence electrons. The summed E-state index contributed by atoms with van der Waals surface area (Å²) in [6, 6.07) is 7.78. The highest BCUT2D eigenvalue weighted by atomic mass is 19.1. The van der Waals surface area contributed by atoms with Crippen molar-refractivity contribution in [3.63, 3.8) is 0 Å². The summed E-state index contributed by atoms with van der Waals surface area (Å²) < 4.78 is 43.1. The van der Waals surface area contributed by atoms with Gasteiger partial charge in [0.1, 0.15) is 17.2 Å². The minimum atomic E-state index is -1.05. The molecule has 1 amide bonds. The topological polar surface area (TPSA) is 89.1 Å². The van der Waals surface area contributed by atoms with Gasteiger partial charge in [0.05, 0.1) is 12.1 Å². The van der Waals surface area contributed by atoms with E-state index in [1.54, 1.807) is 26.8 Å². The minimum Gasteiger partial charge on any atom is -0.454 e. The summed E-state index contributed by atoms with van der Waals surface area (Å²) in [7, 11) is 0. The number of amides is 1. The number of ether oxygens (including phenoxy) is 3. The number of benzene rings is 2. The zero-order chi connectivity index (χ0) is 23.3. The van der Waals surface area contributed by atoms with Gasteiger partial charge < -0.3 is 30.0 Å². The Labute approximate surface area is 185 Å². The zero-order valence-corrected chi connectivity index (χ0v) is 18.3. The van der Waals surface area contributed by atoms with Crippen LogP contribution >= 0.6 is 0 Å². The predicted octanol–water partition coefficient (Wildman–Crippen LogP) is 3.28. The van der Waals surface area contributed by atoms with Gasteiger partial charge in [-0.05, 0) is 62.6 Å². The van der Waals surface area contributed by atoms with Crippen LogP contribution in [0.5, 0.6) is 11.5 Å². The van der Waals surface area contributed by atoms with E-state index in [1.807, 2.05) is 12.1 Å². The number of aliphatic hydroxyl groups excluding tert-OH is 1. The van der Waals surface area contributed by atoms with Crippen molar-refractivity contribution in [1.29, 1.82) is 0 Å². The lowest BCUT2D eigenvalue weighted by Gasteiger charge is -2.27. The molecular weight excluding hydrogens is 422 g/mol. The van der Waals surface area contributed by atoms with E-state index in [2.05, 4.69) is 10.6 Å². The van der Waals surface area contributed by atoms with Crippen molar-refractivity contribution in [3.8, 4) is 11.5 Å². The Kier molecular flexibility index (Phi) is 7.52. The second-order valence-corrected chi connectivity index (χ2v) is 8.62. The van der Waals surface area contributed by atoms with Crippen molar-refractivity contribution in [3.05, 3.63) is 59.2 Å². The maximum absolute atomic E-state index is 13.6. The minimum absolute atomic E-state index is 0.0147. The van der Waals surface area contributed by atoms with Crippen LogP contribution in [0, 0.1) is 11.6 Å². The summed E-state index contributed by atoms with van der Waals surface area (Å²) in [6.07, 6.45) is -1.77. The molecule has 0 fully saturated rings. The molecule has 0 bridgehead atoms. The average molecular weight is 450 g/mol. The van der Waals surface area contributed by atoms with Crippen LogP contribution in [0.3, 0.4) is 0 Å². The lowest BCUT2D eigenvalue weighted by atomic mass is 10.0. The van der Waals surface area contributed by atoms with E-state index in [-0.39, 0.29) is 19.8 Å². The number of fused-ring (bicyclic) bond motifs is 1. The summed E-state index contributed by atoms with van der Waals surface area (Å²) >= 11 is 0. The van der Waals surface area contributed by atoms with E-state index in [9.17, 15) is 18.7 Å². The van der Waals surface area contributed by atoms with Crippen molar-refractivity contribution in [2.24, 2.45) is 0 Å². The Morgan fingerprint density at radius 2 is 1.78 bits per heavy atom. The summed E-state index contributed by atoms with van der Waals surface area (Å²) in [5.41, 5.74) is 0.492. The van der Waals surface area contributed by atoms with Gasteiger partial charge >= 0.3 is 6.09 Å². The molecule has 0 saturated carbocycles. The average Bonchev–Trinajstić information content (AvgIpc) is 3.13. The highest BCUT2D eigenvalue weighted by molar-refractivity contribution is 5.68. The number of hydrogen-bond acceptors (Lipinski definition) is 6. The van der Waals surface area contributed by atoms with Crippen LogP contribution in [0.4, 0.5) is 13.6 Å². The molecule has 1 aliphatic heterocycles. The third-order valence-electron chi connectivity index (χ3n) is 4.66. The van der Waals surface area contributed by atoms with E-state index in [0.29, 0.717) is 23.6 Å². The maximum atomic E-state index is 13.6. The SMILES string of the molecule is CC(C)(C)OC(=O)N[C@@H](Cc1cc(F)cc(F)c1)[C@H](O)CNCc1ccc2c(c1)OCO2. The third-order valence-corrected chi connectivity index (χ3v) is 4.66. The first-order chi connectivity index (χ1) is 15.1. The van der Waals surface area contributed by atoms with Crippen LogP contribution in [0.25, 0.3) is 0 Å². The quantitative estimate of drug-likeness (QED) is 0.572. The Hall–Kier alpha value is -2.91. The highest BCUT2D eigenvalue weighted by Gasteiger charge is 2.25. The lowest BCUT2D eigenvalue weighted by Crippen LogP contribution is -2.49. The molecule has 2 aromatic rings. The van der Waals surface area contributed by atoms with Gasteiger partial charge in [-0.1, -0.05) is 6.07 Å².